The molecule has 29 heavy (non-hydrogen) atoms. The Labute approximate surface area is 180 Å². The normalized spacial score (nSPS) is 16.4. The van der Waals surface area contributed by atoms with Gasteiger partial charge in [0.25, 0.3) is 0 Å². The Hall–Kier alpha value is -1.93. The fourth-order valence-corrected chi connectivity index (χ4v) is 4.61. The van der Waals surface area contributed by atoms with Crippen molar-refractivity contribution >= 4 is 41.6 Å². The molecule has 1 unspecified atom stereocenters. The molecule has 0 bridgehead atoms. The van der Waals surface area contributed by atoms with Gasteiger partial charge in [0.15, 0.2) is 5.82 Å². The first-order chi connectivity index (χ1) is 14.0. The second kappa shape index (κ2) is 8.84. The molecule has 0 spiro atoms. The monoisotopic (exact) mass is 427 g/mol. The minimum absolute atomic E-state index is 0.0974. The van der Waals surface area contributed by atoms with E-state index < -0.39 is 7.12 Å². The summed E-state index contributed by atoms with van der Waals surface area (Å²) in [6.07, 6.45) is 3.37. The van der Waals surface area contributed by atoms with Crippen molar-refractivity contribution < 1.29 is 9.68 Å². The van der Waals surface area contributed by atoms with Crippen LogP contribution in [0.2, 0.25) is 10.7 Å². The molecule has 0 saturated carbocycles. The van der Waals surface area contributed by atoms with Crippen molar-refractivity contribution in [2.24, 2.45) is 0 Å². The first-order valence-electron chi connectivity index (χ1n) is 9.84. The number of hydrogen-bond donors (Lipinski definition) is 2. The fourth-order valence-electron chi connectivity index (χ4n) is 3.63. The lowest BCUT2D eigenvalue weighted by molar-refractivity contribution is 0.201. The van der Waals surface area contributed by atoms with E-state index >= 15 is 0 Å². The summed E-state index contributed by atoms with van der Waals surface area (Å²) in [6.45, 7) is 4.13. The van der Waals surface area contributed by atoms with Crippen LogP contribution in [0.25, 0.3) is 10.7 Å². The minimum Gasteiger partial charge on any atom is -0.427 e. The van der Waals surface area contributed by atoms with Gasteiger partial charge >= 0.3 is 7.12 Å². The molecule has 5 nitrogen and oxygen atoms in total. The van der Waals surface area contributed by atoms with Gasteiger partial charge in [0.05, 0.1) is 9.21 Å². The first-order valence-corrected chi connectivity index (χ1v) is 11.0. The zero-order valence-electron chi connectivity index (χ0n) is 16.5. The van der Waals surface area contributed by atoms with Crippen LogP contribution in [0.3, 0.4) is 0 Å². The van der Waals surface area contributed by atoms with Gasteiger partial charge in [-0.2, -0.15) is 0 Å². The highest BCUT2D eigenvalue weighted by atomic mass is 35.5. The van der Waals surface area contributed by atoms with Crippen molar-refractivity contribution in [1.82, 2.24) is 9.97 Å². The molecule has 1 aliphatic rings. The van der Waals surface area contributed by atoms with Crippen molar-refractivity contribution in [2.75, 3.05) is 5.32 Å². The van der Waals surface area contributed by atoms with E-state index in [0.29, 0.717) is 5.82 Å². The number of hydrogen-bond acceptors (Lipinski definition) is 6. The number of anilines is 2. The average Bonchev–Trinajstić information content (AvgIpc) is 3.31. The Balaban J connectivity index is 1.54. The van der Waals surface area contributed by atoms with Crippen molar-refractivity contribution in [3.05, 3.63) is 57.6 Å². The Bertz CT molecular complexity index is 996. The van der Waals surface area contributed by atoms with E-state index in [1.165, 1.54) is 16.9 Å². The van der Waals surface area contributed by atoms with Crippen LogP contribution in [0.5, 0.6) is 0 Å². The van der Waals surface area contributed by atoms with Crippen LogP contribution < -0.4 is 5.32 Å². The number of nitrogens with zero attached hydrogens (tertiary/aromatic N) is 2. The average molecular weight is 428 g/mol. The third-order valence-electron chi connectivity index (χ3n) is 5.13. The molecule has 1 aromatic carbocycles. The lowest BCUT2D eigenvalue weighted by Crippen LogP contribution is -2.16. The van der Waals surface area contributed by atoms with Crippen molar-refractivity contribution in [1.29, 1.82) is 0 Å². The molecule has 4 rings (SSSR count). The molecule has 8 heteroatoms. The number of rotatable bonds is 6. The van der Waals surface area contributed by atoms with Gasteiger partial charge in [-0.3, -0.25) is 0 Å². The Morgan fingerprint density at radius 3 is 2.66 bits per heavy atom. The predicted molar refractivity (Wildman–Crippen MR) is 120 cm³/mol. The van der Waals surface area contributed by atoms with Gasteiger partial charge < -0.3 is 15.0 Å². The van der Waals surface area contributed by atoms with Crippen LogP contribution >= 0.6 is 22.9 Å². The molecule has 2 aromatic heterocycles. The molecule has 3 aromatic rings. The lowest BCUT2D eigenvalue weighted by Gasteiger charge is -2.15. The van der Waals surface area contributed by atoms with E-state index in [4.69, 9.17) is 21.2 Å². The lowest BCUT2D eigenvalue weighted by atomic mass is 9.87. The topological polar surface area (TPSA) is 67.3 Å². The zero-order chi connectivity index (χ0) is 20.4. The van der Waals surface area contributed by atoms with E-state index in [0.717, 1.165) is 57.6 Å². The van der Waals surface area contributed by atoms with Gasteiger partial charge in [-0.1, -0.05) is 30.7 Å². The molecule has 1 fully saturated rings. The summed E-state index contributed by atoms with van der Waals surface area (Å²) in [4.78, 5) is 10.4. The van der Waals surface area contributed by atoms with Crippen molar-refractivity contribution in [3.8, 4) is 10.7 Å². The van der Waals surface area contributed by atoms with E-state index in [2.05, 4.69) is 41.5 Å². The third-order valence-corrected chi connectivity index (χ3v) is 6.35. The largest absolute Gasteiger partial charge is 0.454 e. The van der Waals surface area contributed by atoms with Crippen LogP contribution in [0, 0.1) is 6.92 Å². The van der Waals surface area contributed by atoms with E-state index in [-0.39, 0.29) is 6.10 Å². The van der Waals surface area contributed by atoms with Crippen LogP contribution in [0.15, 0.2) is 36.4 Å². The van der Waals surface area contributed by atoms with E-state index in [9.17, 15) is 5.02 Å². The molecule has 3 heterocycles. The Kier molecular flexibility index (Phi) is 6.20. The highest BCUT2D eigenvalue weighted by Gasteiger charge is 2.27. The molecular formula is C21H23BClN3O2S. The second-order valence-electron chi connectivity index (χ2n) is 7.23. The summed E-state index contributed by atoms with van der Waals surface area (Å²) < 4.78 is 6.23. The molecule has 0 radical (unpaired) electrons. The smallest absolute Gasteiger partial charge is 0.427 e. The summed E-state index contributed by atoms with van der Waals surface area (Å²) in [5.41, 5.74) is 4.24. The van der Waals surface area contributed by atoms with Gasteiger partial charge in [0.2, 0.25) is 0 Å². The molecule has 1 saturated heterocycles. The third kappa shape index (κ3) is 4.81. The predicted octanol–water partition coefficient (Wildman–Crippen LogP) is 5.28. The Morgan fingerprint density at radius 2 is 2.03 bits per heavy atom. The van der Waals surface area contributed by atoms with Crippen LogP contribution in [-0.4, -0.2) is 28.2 Å². The highest BCUT2D eigenvalue weighted by Crippen LogP contribution is 2.32. The van der Waals surface area contributed by atoms with Crippen molar-refractivity contribution in [3.63, 3.8) is 0 Å². The quantitative estimate of drug-likeness (QED) is 0.523. The summed E-state index contributed by atoms with van der Waals surface area (Å²) in [5, 5.41) is 13.0. The maximum Gasteiger partial charge on any atom is 0.454 e. The van der Waals surface area contributed by atoms with Gasteiger partial charge in [-0.15, -0.1) is 11.3 Å². The number of aryl methyl sites for hydroxylation is 1. The number of nitrogens with one attached hydrogen (secondary N) is 1. The van der Waals surface area contributed by atoms with Gasteiger partial charge in [-0.25, -0.2) is 9.97 Å². The maximum atomic E-state index is 9.51. The SMILES string of the molecule is CCc1c(C)nc(-c2ccc(Cl)s2)nc1Nc1ccc(CC2CCB(O)O2)cc1. The summed E-state index contributed by atoms with van der Waals surface area (Å²) >= 11 is 7.56. The molecule has 1 atom stereocenters. The number of aromatic nitrogens is 2. The van der Waals surface area contributed by atoms with E-state index in [1.807, 2.05) is 19.1 Å². The molecule has 0 amide bonds. The maximum absolute atomic E-state index is 9.51. The van der Waals surface area contributed by atoms with E-state index in [1.54, 1.807) is 0 Å². The van der Waals surface area contributed by atoms with Gasteiger partial charge in [0.1, 0.15) is 5.82 Å². The summed E-state index contributed by atoms with van der Waals surface area (Å²) in [6, 6.07) is 12.1. The molecule has 1 aliphatic heterocycles. The minimum atomic E-state index is -0.609. The zero-order valence-corrected chi connectivity index (χ0v) is 18.1. The molecule has 150 valence electrons. The van der Waals surface area contributed by atoms with Gasteiger partial charge in [0, 0.05) is 23.0 Å². The fraction of sp³-hybridized carbons (Fsp3) is 0.333. The van der Waals surface area contributed by atoms with Crippen LogP contribution in [-0.2, 0) is 17.5 Å². The first kappa shape index (κ1) is 20.4. The van der Waals surface area contributed by atoms with Crippen molar-refractivity contribution in [2.45, 2.75) is 45.5 Å². The summed E-state index contributed by atoms with van der Waals surface area (Å²) in [7, 11) is -0.609. The van der Waals surface area contributed by atoms with Crippen LogP contribution in [0.1, 0.15) is 30.2 Å². The number of benzene rings is 1. The highest BCUT2D eigenvalue weighted by molar-refractivity contribution is 7.19. The van der Waals surface area contributed by atoms with Crippen LogP contribution in [0.4, 0.5) is 11.5 Å². The number of thiophene rings is 1. The molecule has 0 aliphatic carbocycles. The number of halogens is 1. The molecule has 2 N–H and O–H groups in total. The summed E-state index contributed by atoms with van der Waals surface area (Å²) in [5.74, 6) is 1.52. The standard InChI is InChI=1S/C21H23BClN3O2S/c1-3-17-13(2)24-21(18-8-9-19(23)29-18)26-20(17)25-15-6-4-14(5-7-15)12-16-10-11-22(27)28-16/h4-9,16,27H,3,10-12H2,1-2H3,(H,24,25,26). The Morgan fingerprint density at radius 1 is 1.24 bits per heavy atom. The molecular weight excluding hydrogens is 405 g/mol. The second-order valence-corrected chi connectivity index (χ2v) is 8.95. The van der Waals surface area contributed by atoms with Gasteiger partial charge in [-0.05, 0) is 62.3 Å².